The number of nitrogens with one attached hydrogen (secondary N) is 1. The average Bonchev–Trinajstić information content (AvgIpc) is 3.17. The van der Waals surface area contributed by atoms with Gasteiger partial charge >= 0.3 is 5.97 Å². The van der Waals surface area contributed by atoms with E-state index in [0.717, 1.165) is 25.7 Å². The lowest BCUT2D eigenvalue weighted by atomic mass is 10.1. The third-order valence-electron chi connectivity index (χ3n) is 4.06. The summed E-state index contributed by atoms with van der Waals surface area (Å²) in [6.45, 7) is 0. The van der Waals surface area contributed by atoms with Crippen molar-refractivity contribution in [1.82, 2.24) is 5.32 Å². The minimum atomic E-state index is -0.119. The Morgan fingerprint density at radius 2 is 2.11 bits per heavy atom. The van der Waals surface area contributed by atoms with Crippen LogP contribution in [0.4, 0.5) is 0 Å². The van der Waals surface area contributed by atoms with E-state index in [9.17, 15) is 4.79 Å². The maximum atomic E-state index is 11.8. The zero-order chi connectivity index (χ0) is 12.5. The second-order valence-corrected chi connectivity index (χ2v) is 5.30. The molecule has 3 heteroatoms. The van der Waals surface area contributed by atoms with Crippen LogP contribution in [0.3, 0.4) is 0 Å². The Morgan fingerprint density at radius 3 is 2.83 bits per heavy atom. The second-order valence-electron chi connectivity index (χ2n) is 5.30. The molecule has 3 nitrogen and oxygen atoms in total. The topological polar surface area (TPSA) is 38.3 Å². The van der Waals surface area contributed by atoms with Crippen LogP contribution in [0.2, 0.25) is 0 Å². The van der Waals surface area contributed by atoms with Gasteiger partial charge in [0.15, 0.2) is 0 Å². The number of rotatable bonds is 4. The lowest BCUT2D eigenvalue weighted by Gasteiger charge is -2.21. The summed E-state index contributed by atoms with van der Waals surface area (Å²) in [5, 5.41) is 3.51. The van der Waals surface area contributed by atoms with Crippen LogP contribution in [0.25, 0.3) is 0 Å². The highest BCUT2D eigenvalue weighted by Gasteiger charge is 2.39. The molecule has 0 bridgehead atoms. The standard InChI is InChI=1S/C15H19NO2/c1-18-15(17)14(11-6-7-11)16-13-9-8-10-4-2-3-5-12(10)13/h2-5,11,13-14,16H,6-9H2,1H3. The minimum Gasteiger partial charge on any atom is -0.468 e. The van der Waals surface area contributed by atoms with E-state index < -0.39 is 0 Å². The maximum Gasteiger partial charge on any atom is 0.323 e. The van der Waals surface area contributed by atoms with E-state index in [1.165, 1.54) is 18.2 Å². The fourth-order valence-corrected chi connectivity index (χ4v) is 2.90. The van der Waals surface area contributed by atoms with Gasteiger partial charge in [0.25, 0.3) is 0 Å². The number of carbonyl (C=O) groups is 1. The second kappa shape index (κ2) is 4.73. The van der Waals surface area contributed by atoms with Gasteiger partial charge in [-0.15, -0.1) is 0 Å². The van der Waals surface area contributed by atoms with Gasteiger partial charge in [-0.25, -0.2) is 0 Å². The molecule has 2 aliphatic rings. The molecule has 18 heavy (non-hydrogen) atoms. The van der Waals surface area contributed by atoms with Gasteiger partial charge in [-0.2, -0.15) is 0 Å². The molecule has 2 aliphatic carbocycles. The summed E-state index contributed by atoms with van der Waals surface area (Å²) >= 11 is 0. The van der Waals surface area contributed by atoms with Crippen molar-refractivity contribution in [2.75, 3.05) is 7.11 Å². The van der Waals surface area contributed by atoms with Crippen molar-refractivity contribution in [2.24, 2.45) is 5.92 Å². The Kier molecular flexibility index (Phi) is 3.08. The van der Waals surface area contributed by atoms with Gasteiger partial charge < -0.3 is 4.74 Å². The first-order valence-corrected chi connectivity index (χ1v) is 6.71. The lowest BCUT2D eigenvalue weighted by Crippen LogP contribution is -2.41. The summed E-state index contributed by atoms with van der Waals surface area (Å²) in [4.78, 5) is 11.8. The van der Waals surface area contributed by atoms with Crippen molar-refractivity contribution in [2.45, 2.75) is 37.8 Å². The number of hydrogen-bond donors (Lipinski definition) is 1. The molecule has 0 radical (unpaired) electrons. The third-order valence-corrected chi connectivity index (χ3v) is 4.06. The Morgan fingerprint density at radius 1 is 1.33 bits per heavy atom. The molecule has 96 valence electrons. The van der Waals surface area contributed by atoms with E-state index in [2.05, 4.69) is 29.6 Å². The van der Waals surface area contributed by atoms with Gasteiger partial charge in [-0.05, 0) is 42.7 Å². The number of hydrogen-bond acceptors (Lipinski definition) is 3. The number of methoxy groups -OCH3 is 1. The smallest absolute Gasteiger partial charge is 0.323 e. The number of aryl methyl sites for hydroxylation is 1. The van der Waals surface area contributed by atoms with Gasteiger partial charge in [0.1, 0.15) is 6.04 Å². The molecule has 0 amide bonds. The summed E-state index contributed by atoms with van der Waals surface area (Å²) in [5.74, 6) is 0.368. The molecule has 3 rings (SSSR count). The van der Waals surface area contributed by atoms with Crippen LogP contribution in [0.5, 0.6) is 0 Å². The van der Waals surface area contributed by atoms with Gasteiger partial charge in [-0.1, -0.05) is 24.3 Å². The highest BCUT2D eigenvalue weighted by atomic mass is 16.5. The van der Waals surface area contributed by atoms with Crippen LogP contribution in [-0.4, -0.2) is 19.1 Å². The number of ether oxygens (including phenoxy) is 1. The van der Waals surface area contributed by atoms with Crippen molar-refractivity contribution in [3.63, 3.8) is 0 Å². The first-order valence-electron chi connectivity index (χ1n) is 6.71. The van der Waals surface area contributed by atoms with Crippen molar-refractivity contribution >= 4 is 5.97 Å². The van der Waals surface area contributed by atoms with E-state index in [0.29, 0.717) is 12.0 Å². The van der Waals surface area contributed by atoms with E-state index in [-0.39, 0.29) is 12.0 Å². The predicted octanol–water partition coefficient (Wildman–Crippen LogP) is 2.22. The van der Waals surface area contributed by atoms with Gasteiger partial charge in [-0.3, -0.25) is 10.1 Å². The predicted molar refractivity (Wildman–Crippen MR) is 69.2 cm³/mol. The van der Waals surface area contributed by atoms with Crippen LogP contribution in [0.1, 0.15) is 36.4 Å². The summed E-state index contributed by atoms with van der Waals surface area (Å²) in [5.41, 5.74) is 2.77. The summed E-state index contributed by atoms with van der Waals surface area (Å²) in [6, 6.07) is 8.70. The molecule has 0 heterocycles. The van der Waals surface area contributed by atoms with Gasteiger partial charge in [0.05, 0.1) is 7.11 Å². The third kappa shape index (κ3) is 2.15. The normalized spacial score (nSPS) is 23.5. The molecule has 0 saturated heterocycles. The summed E-state index contributed by atoms with van der Waals surface area (Å²) in [7, 11) is 1.47. The van der Waals surface area contributed by atoms with Gasteiger partial charge in [0.2, 0.25) is 0 Å². The van der Waals surface area contributed by atoms with Crippen LogP contribution in [-0.2, 0) is 16.0 Å². The van der Waals surface area contributed by atoms with Crippen molar-refractivity contribution in [1.29, 1.82) is 0 Å². The zero-order valence-corrected chi connectivity index (χ0v) is 10.7. The van der Waals surface area contributed by atoms with Crippen molar-refractivity contribution in [3.8, 4) is 0 Å². The molecular formula is C15H19NO2. The number of benzene rings is 1. The van der Waals surface area contributed by atoms with E-state index in [1.54, 1.807) is 0 Å². The Labute approximate surface area is 108 Å². The molecular weight excluding hydrogens is 226 g/mol. The highest BCUT2D eigenvalue weighted by Crippen LogP contribution is 2.37. The highest BCUT2D eigenvalue weighted by molar-refractivity contribution is 5.76. The minimum absolute atomic E-state index is 0.109. The largest absolute Gasteiger partial charge is 0.468 e. The number of carbonyl (C=O) groups excluding carboxylic acids is 1. The number of esters is 1. The first kappa shape index (κ1) is 11.7. The first-order chi connectivity index (χ1) is 8.79. The molecule has 1 saturated carbocycles. The van der Waals surface area contributed by atoms with E-state index >= 15 is 0 Å². The number of fused-ring (bicyclic) bond motifs is 1. The molecule has 2 atom stereocenters. The van der Waals surface area contributed by atoms with Crippen LogP contribution in [0.15, 0.2) is 24.3 Å². The lowest BCUT2D eigenvalue weighted by molar-refractivity contribution is -0.144. The monoisotopic (exact) mass is 245 g/mol. The fraction of sp³-hybridized carbons (Fsp3) is 0.533. The maximum absolute atomic E-state index is 11.8. The van der Waals surface area contributed by atoms with E-state index in [1.807, 2.05) is 0 Å². The molecule has 0 aliphatic heterocycles. The van der Waals surface area contributed by atoms with Crippen LogP contribution >= 0.6 is 0 Å². The van der Waals surface area contributed by atoms with Crippen LogP contribution in [0, 0.1) is 5.92 Å². The van der Waals surface area contributed by atoms with Crippen LogP contribution < -0.4 is 5.32 Å². The van der Waals surface area contributed by atoms with Gasteiger partial charge in [0, 0.05) is 6.04 Å². The molecule has 1 aromatic rings. The SMILES string of the molecule is COC(=O)C(NC1CCc2ccccc21)C1CC1. The van der Waals surface area contributed by atoms with Crippen molar-refractivity contribution in [3.05, 3.63) is 35.4 Å². The Hall–Kier alpha value is -1.35. The molecule has 0 spiro atoms. The summed E-state index contributed by atoms with van der Waals surface area (Å²) < 4.78 is 4.91. The Bertz CT molecular complexity index is 454. The quantitative estimate of drug-likeness (QED) is 0.827. The molecule has 1 N–H and O–H groups in total. The summed E-state index contributed by atoms with van der Waals surface area (Å²) in [6.07, 6.45) is 4.47. The van der Waals surface area contributed by atoms with E-state index in [4.69, 9.17) is 4.74 Å². The Balaban J connectivity index is 1.74. The molecule has 0 aromatic heterocycles. The average molecular weight is 245 g/mol. The zero-order valence-electron chi connectivity index (χ0n) is 10.7. The molecule has 1 aromatic carbocycles. The fourth-order valence-electron chi connectivity index (χ4n) is 2.90. The molecule has 1 fully saturated rings. The van der Waals surface area contributed by atoms with Crippen molar-refractivity contribution < 1.29 is 9.53 Å². The molecule has 2 unspecified atom stereocenters.